The maximum Gasteiger partial charge on any atom is 0.214 e. The third-order valence-corrected chi connectivity index (χ3v) is 4.78. The number of para-hydroxylation sites is 1. The highest BCUT2D eigenvalue weighted by Gasteiger charge is 2.21. The lowest BCUT2D eigenvalue weighted by Gasteiger charge is -2.14. The third kappa shape index (κ3) is 3.81. The fraction of sp³-hybridized carbons (Fsp3) is 0.429. The van der Waals surface area contributed by atoms with Crippen LogP contribution < -0.4 is 4.72 Å². The third-order valence-electron chi connectivity index (χ3n) is 3.15. The molecule has 0 aliphatic rings. The standard InChI is InChI=1S/C14H18FNO4S/c1-9(19-3)8-21(17,18)16-10(2)13-7-11-5-4-6-12(15)14(11)20-13/h4-7,9-10,16H,8H2,1-3H3/t9-,10-/m1/s1. The summed E-state index contributed by atoms with van der Waals surface area (Å²) < 4.78 is 50.3. The molecule has 5 nitrogen and oxygen atoms in total. The van der Waals surface area contributed by atoms with Crippen LogP contribution in [0.4, 0.5) is 4.39 Å². The number of furan rings is 1. The van der Waals surface area contributed by atoms with Gasteiger partial charge in [-0.15, -0.1) is 0 Å². The maximum absolute atomic E-state index is 13.6. The molecule has 21 heavy (non-hydrogen) atoms. The molecule has 1 aromatic carbocycles. The lowest BCUT2D eigenvalue weighted by atomic mass is 10.2. The molecule has 116 valence electrons. The number of ether oxygens (including phenoxy) is 1. The van der Waals surface area contributed by atoms with Crippen molar-refractivity contribution in [3.63, 3.8) is 0 Å². The lowest BCUT2D eigenvalue weighted by Crippen LogP contribution is -2.33. The van der Waals surface area contributed by atoms with Crippen molar-refractivity contribution in [1.29, 1.82) is 0 Å². The van der Waals surface area contributed by atoms with E-state index in [1.54, 1.807) is 32.0 Å². The first-order valence-electron chi connectivity index (χ1n) is 6.53. The van der Waals surface area contributed by atoms with Crippen molar-refractivity contribution in [1.82, 2.24) is 4.72 Å². The van der Waals surface area contributed by atoms with Gasteiger partial charge < -0.3 is 9.15 Å². The Morgan fingerprint density at radius 3 is 2.71 bits per heavy atom. The van der Waals surface area contributed by atoms with Gasteiger partial charge in [-0.2, -0.15) is 0 Å². The summed E-state index contributed by atoms with van der Waals surface area (Å²) >= 11 is 0. The highest BCUT2D eigenvalue weighted by molar-refractivity contribution is 7.89. The van der Waals surface area contributed by atoms with Crippen LogP contribution in [0, 0.1) is 5.82 Å². The largest absolute Gasteiger partial charge is 0.456 e. The van der Waals surface area contributed by atoms with Gasteiger partial charge in [0.2, 0.25) is 10.0 Å². The first kappa shape index (κ1) is 15.9. The number of hydrogen-bond donors (Lipinski definition) is 1. The van der Waals surface area contributed by atoms with Crippen LogP contribution in [-0.2, 0) is 14.8 Å². The van der Waals surface area contributed by atoms with Crippen LogP contribution in [0.15, 0.2) is 28.7 Å². The number of sulfonamides is 1. The molecule has 0 saturated heterocycles. The van der Waals surface area contributed by atoms with Gasteiger partial charge >= 0.3 is 0 Å². The molecule has 0 aliphatic heterocycles. The highest BCUT2D eigenvalue weighted by atomic mass is 32.2. The first-order valence-corrected chi connectivity index (χ1v) is 8.18. The Morgan fingerprint density at radius 2 is 2.10 bits per heavy atom. The summed E-state index contributed by atoms with van der Waals surface area (Å²) in [7, 11) is -2.07. The second-order valence-corrected chi connectivity index (χ2v) is 6.77. The van der Waals surface area contributed by atoms with E-state index in [0.717, 1.165) is 0 Å². The Morgan fingerprint density at radius 1 is 1.38 bits per heavy atom. The molecule has 1 heterocycles. The molecule has 0 bridgehead atoms. The number of methoxy groups -OCH3 is 1. The summed E-state index contributed by atoms with van der Waals surface area (Å²) in [6.45, 7) is 3.31. The van der Waals surface area contributed by atoms with Crippen LogP contribution in [0.5, 0.6) is 0 Å². The van der Waals surface area contributed by atoms with Gasteiger partial charge in [0.25, 0.3) is 0 Å². The molecule has 2 atom stereocenters. The van der Waals surface area contributed by atoms with Gasteiger partial charge in [-0.1, -0.05) is 12.1 Å². The van der Waals surface area contributed by atoms with Gasteiger partial charge in [0.05, 0.1) is 17.9 Å². The van der Waals surface area contributed by atoms with E-state index in [-0.39, 0.29) is 11.3 Å². The Bertz CT molecular complexity index is 726. The van der Waals surface area contributed by atoms with Gasteiger partial charge in [-0.3, -0.25) is 0 Å². The van der Waals surface area contributed by atoms with E-state index in [9.17, 15) is 12.8 Å². The van der Waals surface area contributed by atoms with Crippen molar-refractivity contribution in [2.75, 3.05) is 12.9 Å². The molecule has 0 unspecified atom stereocenters. The molecule has 7 heteroatoms. The predicted octanol–water partition coefficient (Wildman–Crippen LogP) is 2.59. The highest BCUT2D eigenvalue weighted by Crippen LogP contribution is 2.26. The number of nitrogens with one attached hydrogen (secondary N) is 1. The summed E-state index contributed by atoms with van der Waals surface area (Å²) in [4.78, 5) is 0. The molecule has 0 amide bonds. The van der Waals surface area contributed by atoms with Crippen molar-refractivity contribution < 1.29 is 22.0 Å². The van der Waals surface area contributed by atoms with Gasteiger partial charge in [-0.25, -0.2) is 17.5 Å². The van der Waals surface area contributed by atoms with E-state index in [4.69, 9.17) is 9.15 Å². The van der Waals surface area contributed by atoms with Crippen molar-refractivity contribution in [2.24, 2.45) is 0 Å². The number of rotatable bonds is 6. The van der Waals surface area contributed by atoms with E-state index in [1.807, 2.05) is 0 Å². The number of halogens is 1. The summed E-state index contributed by atoms with van der Waals surface area (Å²) in [6.07, 6.45) is -0.414. The van der Waals surface area contributed by atoms with Gasteiger partial charge in [-0.05, 0) is 26.0 Å². The average Bonchev–Trinajstić information content (AvgIpc) is 2.83. The second-order valence-electron chi connectivity index (χ2n) is 4.97. The molecule has 0 radical (unpaired) electrons. The zero-order valence-electron chi connectivity index (χ0n) is 12.1. The van der Waals surface area contributed by atoms with Crippen LogP contribution in [0.3, 0.4) is 0 Å². The monoisotopic (exact) mass is 315 g/mol. The van der Waals surface area contributed by atoms with Crippen LogP contribution in [0.1, 0.15) is 25.6 Å². The smallest absolute Gasteiger partial charge is 0.214 e. The van der Waals surface area contributed by atoms with E-state index in [1.165, 1.54) is 13.2 Å². The minimum Gasteiger partial charge on any atom is -0.456 e. The van der Waals surface area contributed by atoms with E-state index >= 15 is 0 Å². The minimum absolute atomic E-state index is 0.129. The lowest BCUT2D eigenvalue weighted by molar-refractivity contribution is 0.136. The number of hydrogen-bond acceptors (Lipinski definition) is 4. The molecule has 2 rings (SSSR count). The zero-order chi connectivity index (χ0) is 15.6. The van der Waals surface area contributed by atoms with Crippen molar-refractivity contribution in [2.45, 2.75) is 26.0 Å². The number of benzene rings is 1. The molecule has 2 aromatic rings. The normalized spacial score (nSPS) is 15.2. The Labute approximate surface area is 123 Å². The fourth-order valence-electron chi connectivity index (χ4n) is 2.01. The molecular formula is C14H18FNO4S. The van der Waals surface area contributed by atoms with Crippen LogP contribution in [-0.4, -0.2) is 27.4 Å². The first-order chi connectivity index (χ1) is 9.82. The van der Waals surface area contributed by atoms with Crippen LogP contribution in [0.2, 0.25) is 0 Å². The second kappa shape index (κ2) is 6.13. The summed E-state index contributed by atoms with van der Waals surface area (Å²) in [5, 5.41) is 0.598. The Balaban J connectivity index is 2.19. The predicted molar refractivity (Wildman–Crippen MR) is 78.0 cm³/mol. The molecule has 0 spiro atoms. The van der Waals surface area contributed by atoms with Gasteiger partial charge in [0, 0.05) is 12.5 Å². The molecule has 1 N–H and O–H groups in total. The summed E-state index contributed by atoms with van der Waals surface area (Å²) in [5.74, 6) is -0.256. The average molecular weight is 315 g/mol. The van der Waals surface area contributed by atoms with E-state index in [0.29, 0.717) is 11.1 Å². The Kier molecular flexibility index (Phi) is 4.65. The van der Waals surface area contributed by atoms with Crippen molar-refractivity contribution >= 4 is 21.0 Å². The molecule has 0 saturated carbocycles. The van der Waals surface area contributed by atoms with Crippen molar-refractivity contribution in [3.05, 3.63) is 35.8 Å². The molecule has 0 aliphatic carbocycles. The fourth-order valence-corrected chi connectivity index (χ4v) is 3.52. The molecular weight excluding hydrogens is 297 g/mol. The zero-order valence-corrected chi connectivity index (χ0v) is 12.9. The Hall–Kier alpha value is -1.44. The summed E-state index contributed by atoms with van der Waals surface area (Å²) in [5.41, 5.74) is 0.129. The summed E-state index contributed by atoms with van der Waals surface area (Å²) in [6, 6.07) is 5.62. The van der Waals surface area contributed by atoms with E-state index < -0.39 is 28.0 Å². The molecule has 0 fully saturated rings. The number of fused-ring (bicyclic) bond motifs is 1. The van der Waals surface area contributed by atoms with Crippen LogP contribution >= 0.6 is 0 Å². The quantitative estimate of drug-likeness (QED) is 0.889. The topological polar surface area (TPSA) is 68.5 Å². The van der Waals surface area contributed by atoms with Crippen LogP contribution in [0.25, 0.3) is 11.0 Å². The van der Waals surface area contributed by atoms with Gasteiger partial charge in [0.15, 0.2) is 11.4 Å². The maximum atomic E-state index is 13.6. The SMILES string of the molecule is CO[C@H](C)CS(=O)(=O)N[C@H](C)c1cc2cccc(F)c2o1. The van der Waals surface area contributed by atoms with Gasteiger partial charge in [0.1, 0.15) is 5.76 Å². The van der Waals surface area contributed by atoms with Crippen molar-refractivity contribution in [3.8, 4) is 0 Å². The minimum atomic E-state index is -3.52. The van der Waals surface area contributed by atoms with E-state index in [2.05, 4.69) is 4.72 Å². The molecule has 1 aromatic heterocycles.